The average molecular weight is 197 g/mol. The van der Waals surface area contributed by atoms with Gasteiger partial charge in [-0.05, 0) is 18.9 Å². The predicted molar refractivity (Wildman–Crippen MR) is 53.1 cm³/mol. The van der Waals surface area contributed by atoms with Crippen molar-refractivity contribution in [3.05, 3.63) is 23.3 Å². The number of aromatic hydroxyl groups is 2. The van der Waals surface area contributed by atoms with E-state index in [1.807, 2.05) is 0 Å². The zero-order valence-corrected chi connectivity index (χ0v) is 8.07. The second kappa shape index (κ2) is 4.30. The summed E-state index contributed by atoms with van der Waals surface area (Å²) in [5, 5.41) is 27.7. The molecule has 0 aromatic heterocycles. The highest BCUT2D eigenvalue weighted by Gasteiger charge is 2.14. The molecule has 78 valence electrons. The van der Waals surface area contributed by atoms with E-state index in [0.717, 1.165) is 0 Å². The molecule has 0 saturated heterocycles. The first-order valence-electron chi connectivity index (χ1n) is 4.45. The molecule has 4 heteroatoms. The van der Waals surface area contributed by atoms with E-state index in [-0.39, 0.29) is 18.1 Å². The summed E-state index contributed by atoms with van der Waals surface area (Å²) in [7, 11) is 0. The first-order chi connectivity index (χ1) is 6.57. The zero-order chi connectivity index (χ0) is 10.7. The molecule has 0 bridgehead atoms. The lowest BCUT2D eigenvalue weighted by molar-refractivity contribution is 0.275. The summed E-state index contributed by atoms with van der Waals surface area (Å²) in [5.74, 6) is -0.332. The second-order valence-corrected chi connectivity index (χ2v) is 3.29. The minimum absolute atomic E-state index is 0.0464. The maximum atomic E-state index is 9.56. The number of aliphatic hydroxyl groups is 1. The van der Waals surface area contributed by atoms with E-state index in [0.29, 0.717) is 17.5 Å². The van der Waals surface area contributed by atoms with Gasteiger partial charge in [-0.2, -0.15) is 0 Å². The quantitative estimate of drug-likeness (QED) is 0.539. The van der Waals surface area contributed by atoms with Gasteiger partial charge >= 0.3 is 0 Å². The number of phenols is 2. The van der Waals surface area contributed by atoms with Crippen LogP contribution in [0.4, 0.5) is 0 Å². The fourth-order valence-corrected chi connectivity index (χ4v) is 1.29. The molecule has 0 aliphatic carbocycles. The van der Waals surface area contributed by atoms with Gasteiger partial charge in [0.25, 0.3) is 0 Å². The lowest BCUT2D eigenvalue weighted by Gasteiger charge is -2.14. The van der Waals surface area contributed by atoms with Crippen LogP contribution in [-0.2, 0) is 0 Å². The Hall–Kier alpha value is -1.26. The fraction of sp³-hybridized carbons (Fsp3) is 0.400. The molecular formula is C10H15NO3. The summed E-state index contributed by atoms with van der Waals surface area (Å²) in [6.07, 6.45) is 0.357. The number of rotatable bonds is 3. The van der Waals surface area contributed by atoms with Gasteiger partial charge in [0, 0.05) is 18.2 Å². The van der Waals surface area contributed by atoms with Crippen molar-refractivity contribution >= 4 is 0 Å². The SMILES string of the molecule is Cc1ccc(C(N)CCO)c(O)c1O. The van der Waals surface area contributed by atoms with Crippen LogP contribution >= 0.6 is 0 Å². The number of aryl methyl sites for hydroxylation is 1. The Morgan fingerprint density at radius 3 is 2.50 bits per heavy atom. The Morgan fingerprint density at radius 1 is 1.29 bits per heavy atom. The number of aliphatic hydroxyl groups excluding tert-OH is 1. The van der Waals surface area contributed by atoms with Crippen molar-refractivity contribution in [2.45, 2.75) is 19.4 Å². The van der Waals surface area contributed by atoms with Crippen molar-refractivity contribution in [2.75, 3.05) is 6.61 Å². The van der Waals surface area contributed by atoms with E-state index < -0.39 is 6.04 Å². The molecule has 1 aromatic carbocycles. The Balaban J connectivity index is 3.04. The van der Waals surface area contributed by atoms with Crippen molar-refractivity contribution in [2.24, 2.45) is 5.73 Å². The Labute approximate surface area is 82.6 Å². The molecule has 0 amide bonds. The van der Waals surface area contributed by atoms with Crippen LogP contribution in [0.15, 0.2) is 12.1 Å². The molecule has 4 nitrogen and oxygen atoms in total. The maximum absolute atomic E-state index is 9.56. The van der Waals surface area contributed by atoms with Crippen molar-refractivity contribution < 1.29 is 15.3 Å². The minimum Gasteiger partial charge on any atom is -0.504 e. The normalized spacial score (nSPS) is 12.8. The monoisotopic (exact) mass is 197 g/mol. The minimum atomic E-state index is -0.452. The van der Waals surface area contributed by atoms with Gasteiger partial charge in [0.15, 0.2) is 11.5 Å². The van der Waals surface area contributed by atoms with Gasteiger partial charge in [-0.1, -0.05) is 12.1 Å². The molecule has 0 spiro atoms. The average Bonchev–Trinajstić information content (AvgIpc) is 2.15. The van der Waals surface area contributed by atoms with Crippen LogP contribution in [0.25, 0.3) is 0 Å². The van der Waals surface area contributed by atoms with E-state index >= 15 is 0 Å². The lowest BCUT2D eigenvalue weighted by atomic mass is 10.0. The highest BCUT2D eigenvalue weighted by molar-refractivity contribution is 5.50. The largest absolute Gasteiger partial charge is 0.504 e. The van der Waals surface area contributed by atoms with Crippen LogP contribution in [0, 0.1) is 6.92 Å². The standard InChI is InChI=1S/C10H15NO3/c1-6-2-3-7(8(11)4-5-12)10(14)9(6)13/h2-3,8,12-14H,4-5,11H2,1H3. The lowest BCUT2D eigenvalue weighted by Crippen LogP contribution is -2.12. The van der Waals surface area contributed by atoms with Crippen molar-refractivity contribution in [1.82, 2.24) is 0 Å². The fourth-order valence-electron chi connectivity index (χ4n) is 1.29. The van der Waals surface area contributed by atoms with Gasteiger partial charge < -0.3 is 21.1 Å². The van der Waals surface area contributed by atoms with Gasteiger partial charge in [-0.3, -0.25) is 0 Å². The molecule has 1 aromatic rings. The van der Waals surface area contributed by atoms with Gasteiger partial charge in [-0.25, -0.2) is 0 Å². The van der Waals surface area contributed by atoms with Gasteiger partial charge in [0.05, 0.1) is 0 Å². The molecule has 0 heterocycles. The van der Waals surface area contributed by atoms with Crippen molar-refractivity contribution in [3.8, 4) is 11.5 Å². The Kier molecular flexibility index (Phi) is 3.33. The number of phenolic OH excluding ortho intramolecular Hbond substituents is 2. The topological polar surface area (TPSA) is 86.7 Å². The first kappa shape index (κ1) is 10.8. The van der Waals surface area contributed by atoms with Crippen LogP contribution in [0.2, 0.25) is 0 Å². The molecule has 0 aliphatic heterocycles. The van der Waals surface area contributed by atoms with E-state index in [9.17, 15) is 10.2 Å². The molecule has 0 aliphatic rings. The summed E-state index contributed by atoms with van der Waals surface area (Å²) in [5.41, 5.74) is 6.75. The number of benzene rings is 1. The Bertz CT molecular complexity index is 325. The molecule has 0 radical (unpaired) electrons. The van der Waals surface area contributed by atoms with Crippen molar-refractivity contribution in [3.63, 3.8) is 0 Å². The molecule has 14 heavy (non-hydrogen) atoms. The van der Waals surface area contributed by atoms with Crippen LogP contribution in [0.5, 0.6) is 11.5 Å². The smallest absolute Gasteiger partial charge is 0.162 e. The van der Waals surface area contributed by atoms with Gasteiger partial charge in [0.1, 0.15) is 0 Å². The predicted octanol–water partition coefficient (Wildman–Crippen LogP) is 0.788. The zero-order valence-electron chi connectivity index (χ0n) is 8.07. The number of nitrogens with two attached hydrogens (primary N) is 1. The summed E-state index contributed by atoms with van der Waals surface area (Å²) < 4.78 is 0. The van der Waals surface area contributed by atoms with E-state index in [1.54, 1.807) is 19.1 Å². The molecule has 5 N–H and O–H groups in total. The Morgan fingerprint density at radius 2 is 1.93 bits per heavy atom. The summed E-state index contributed by atoms with van der Waals surface area (Å²) in [4.78, 5) is 0. The number of hydrogen-bond donors (Lipinski definition) is 4. The summed E-state index contributed by atoms with van der Waals surface area (Å²) >= 11 is 0. The molecular weight excluding hydrogens is 182 g/mol. The van der Waals surface area contributed by atoms with Crippen LogP contribution < -0.4 is 5.73 Å². The first-order valence-corrected chi connectivity index (χ1v) is 4.45. The highest BCUT2D eigenvalue weighted by Crippen LogP contribution is 2.35. The van der Waals surface area contributed by atoms with Crippen LogP contribution in [-0.4, -0.2) is 21.9 Å². The van der Waals surface area contributed by atoms with E-state index in [1.165, 1.54) is 0 Å². The third kappa shape index (κ3) is 1.97. The summed E-state index contributed by atoms with van der Waals surface area (Å²) in [6, 6.07) is 2.89. The second-order valence-electron chi connectivity index (χ2n) is 3.29. The van der Waals surface area contributed by atoms with Crippen LogP contribution in [0.3, 0.4) is 0 Å². The molecule has 1 rings (SSSR count). The molecule has 0 fully saturated rings. The third-order valence-corrected chi connectivity index (χ3v) is 2.22. The maximum Gasteiger partial charge on any atom is 0.162 e. The van der Waals surface area contributed by atoms with E-state index in [4.69, 9.17) is 10.8 Å². The number of hydrogen-bond acceptors (Lipinski definition) is 4. The molecule has 0 saturated carbocycles. The van der Waals surface area contributed by atoms with Crippen LogP contribution in [0.1, 0.15) is 23.6 Å². The van der Waals surface area contributed by atoms with Crippen molar-refractivity contribution in [1.29, 1.82) is 0 Å². The highest BCUT2D eigenvalue weighted by atomic mass is 16.3. The van der Waals surface area contributed by atoms with E-state index in [2.05, 4.69) is 0 Å². The third-order valence-electron chi connectivity index (χ3n) is 2.22. The van der Waals surface area contributed by atoms with Gasteiger partial charge in [-0.15, -0.1) is 0 Å². The summed E-state index contributed by atoms with van der Waals surface area (Å²) in [6.45, 7) is 1.64. The molecule has 1 atom stereocenters. The van der Waals surface area contributed by atoms with Gasteiger partial charge in [0.2, 0.25) is 0 Å². The molecule has 1 unspecified atom stereocenters.